The van der Waals surface area contributed by atoms with E-state index in [9.17, 15) is 0 Å². The third-order valence-electron chi connectivity index (χ3n) is 3.83. The van der Waals surface area contributed by atoms with Crippen molar-refractivity contribution >= 4 is 0 Å². The Morgan fingerprint density at radius 2 is 2.12 bits per heavy atom. The fourth-order valence-electron chi connectivity index (χ4n) is 2.56. The van der Waals surface area contributed by atoms with Gasteiger partial charge in [-0.15, -0.1) is 0 Å². The van der Waals surface area contributed by atoms with Crippen LogP contribution in [0.15, 0.2) is 12.1 Å². The molecule has 0 aromatic heterocycles. The number of nitriles is 1. The monoisotopic (exact) mass is 230 g/mol. The molecule has 1 atom stereocenters. The summed E-state index contributed by atoms with van der Waals surface area (Å²) in [7, 11) is 1.60. The van der Waals surface area contributed by atoms with Crippen molar-refractivity contribution in [3.8, 4) is 11.8 Å². The van der Waals surface area contributed by atoms with Gasteiger partial charge in [-0.3, -0.25) is 0 Å². The van der Waals surface area contributed by atoms with Gasteiger partial charge in [0.05, 0.1) is 12.7 Å². The summed E-state index contributed by atoms with van der Waals surface area (Å²) in [6.45, 7) is 4.01. The summed E-state index contributed by atoms with van der Waals surface area (Å²) in [5, 5.41) is 9.16. The summed E-state index contributed by atoms with van der Waals surface area (Å²) in [4.78, 5) is 0. The standard InChI is InChI=1S/C14H18N2O/c1-9-6-12(14(4-5-14)10(2)16)7-11(8-15)13(9)17-3/h6-7,10H,4-5,16H2,1-3H3. The molecule has 0 saturated heterocycles. The molecule has 0 aliphatic heterocycles. The lowest BCUT2D eigenvalue weighted by molar-refractivity contribution is 0.409. The van der Waals surface area contributed by atoms with Crippen LogP contribution < -0.4 is 10.5 Å². The van der Waals surface area contributed by atoms with Crippen LogP contribution in [0.3, 0.4) is 0 Å². The van der Waals surface area contributed by atoms with E-state index in [1.54, 1.807) is 7.11 Å². The van der Waals surface area contributed by atoms with Gasteiger partial charge in [-0.05, 0) is 43.9 Å². The lowest BCUT2D eigenvalue weighted by atomic mass is 9.87. The molecule has 0 amide bonds. The first-order valence-electron chi connectivity index (χ1n) is 5.90. The van der Waals surface area contributed by atoms with Gasteiger partial charge in [0, 0.05) is 11.5 Å². The Balaban J connectivity index is 2.52. The molecular formula is C14H18N2O. The molecule has 3 heteroatoms. The molecule has 1 fully saturated rings. The van der Waals surface area contributed by atoms with Crippen molar-refractivity contribution in [2.24, 2.45) is 5.73 Å². The smallest absolute Gasteiger partial charge is 0.139 e. The van der Waals surface area contributed by atoms with Gasteiger partial charge in [0.1, 0.15) is 11.8 Å². The Kier molecular flexibility index (Phi) is 2.84. The minimum Gasteiger partial charge on any atom is -0.495 e. The van der Waals surface area contributed by atoms with Crippen LogP contribution in [0.4, 0.5) is 0 Å². The highest BCUT2D eigenvalue weighted by Gasteiger charge is 2.47. The lowest BCUT2D eigenvalue weighted by Crippen LogP contribution is -2.31. The number of methoxy groups -OCH3 is 1. The molecule has 1 saturated carbocycles. The highest BCUT2D eigenvalue weighted by molar-refractivity contribution is 5.53. The maximum atomic E-state index is 9.16. The molecule has 1 aliphatic rings. The minimum absolute atomic E-state index is 0.0859. The maximum absolute atomic E-state index is 9.16. The van der Waals surface area contributed by atoms with Crippen molar-refractivity contribution in [3.63, 3.8) is 0 Å². The second-order valence-corrected chi connectivity index (χ2v) is 4.93. The maximum Gasteiger partial charge on any atom is 0.139 e. The summed E-state index contributed by atoms with van der Waals surface area (Å²) in [5.74, 6) is 0.678. The second kappa shape index (κ2) is 4.05. The number of nitrogens with zero attached hydrogens (tertiary/aromatic N) is 1. The SMILES string of the molecule is COc1c(C)cc(C2(C(C)N)CC2)cc1C#N. The van der Waals surface area contributed by atoms with Crippen molar-refractivity contribution in [1.82, 2.24) is 0 Å². The van der Waals surface area contributed by atoms with E-state index in [0.717, 1.165) is 18.4 Å². The van der Waals surface area contributed by atoms with Gasteiger partial charge in [0.15, 0.2) is 0 Å². The normalized spacial score (nSPS) is 18.3. The van der Waals surface area contributed by atoms with Gasteiger partial charge < -0.3 is 10.5 Å². The van der Waals surface area contributed by atoms with E-state index in [1.807, 2.05) is 19.9 Å². The Bertz CT molecular complexity index is 482. The molecule has 90 valence electrons. The van der Waals surface area contributed by atoms with Crippen molar-refractivity contribution < 1.29 is 4.74 Å². The van der Waals surface area contributed by atoms with E-state index in [4.69, 9.17) is 15.7 Å². The van der Waals surface area contributed by atoms with Crippen LogP contribution in [0, 0.1) is 18.3 Å². The predicted molar refractivity (Wildman–Crippen MR) is 67.0 cm³/mol. The predicted octanol–water partition coefficient (Wildman–Crippen LogP) is 2.25. The van der Waals surface area contributed by atoms with E-state index >= 15 is 0 Å². The quantitative estimate of drug-likeness (QED) is 0.866. The number of hydrogen-bond acceptors (Lipinski definition) is 3. The van der Waals surface area contributed by atoms with Gasteiger partial charge >= 0.3 is 0 Å². The molecule has 1 aromatic carbocycles. The summed E-state index contributed by atoms with van der Waals surface area (Å²) in [6.07, 6.45) is 2.22. The van der Waals surface area contributed by atoms with E-state index < -0.39 is 0 Å². The van der Waals surface area contributed by atoms with Crippen molar-refractivity contribution in [2.75, 3.05) is 7.11 Å². The van der Waals surface area contributed by atoms with E-state index in [0.29, 0.717) is 11.3 Å². The van der Waals surface area contributed by atoms with Crippen LogP contribution in [-0.4, -0.2) is 13.2 Å². The molecule has 2 N–H and O–H groups in total. The zero-order valence-electron chi connectivity index (χ0n) is 10.6. The molecule has 0 spiro atoms. The average molecular weight is 230 g/mol. The average Bonchev–Trinajstić information content (AvgIpc) is 3.08. The lowest BCUT2D eigenvalue weighted by Gasteiger charge is -2.21. The molecule has 1 unspecified atom stereocenters. The third kappa shape index (κ3) is 1.79. The van der Waals surface area contributed by atoms with Crippen molar-refractivity contribution in [2.45, 2.75) is 38.1 Å². The molecule has 0 heterocycles. The van der Waals surface area contributed by atoms with Gasteiger partial charge in [0.2, 0.25) is 0 Å². The highest BCUT2D eigenvalue weighted by atomic mass is 16.5. The Hall–Kier alpha value is -1.53. The summed E-state index contributed by atoms with van der Waals surface area (Å²) >= 11 is 0. The van der Waals surface area contributed by atoms with Gasteiger partial charge in [-0.1, -0.05) is 6.07 Å². The van der Waals surface area contributed by atoms with E-state index in [2.05, 4.69) is 12.1 Å². The number of nitrogens with two attached hydrogens (primary N) is 1. The number of ether oxygens (including phenoxy) is 1. The van der Waals surface area contributed by atoms with Crippen LogP contribution in [0.1, 0.15) is 36.5 Å². The molecule has 3 nitrogen and oxygen atoms in total. The summed E-state index contributed by atoms with van der Waals surface area (Å²) in [6, 6.07) is 6.37. The van der Waals surface area contributed by atoms with E-state index in [1.165, 1.54) is 5.56 Å². The van der Waals surface area contributed by atoms with Gasteiger partial charge in [-0.25, -0.2) is 0 Å². The summed E-state index contributed by atoms with van der Waals surface area (Å²) < 4.78 is 5.26. The fraction of sp³-hybridized carbons (Fsp3) is 0.500. The molecule has 2 rings (SSSR count). The van der Waals surface area contributed by atoms with Crippen LogP contribution in [0.5, 0.6) is 5.75 Å². The van der Waals surface area contributed by atoms with Crippen molar-refractivity contribution in [1.29, 1.82) is 5.26 Å². The third-order valence-corrected chi connectivity index (χ3v) is 3.83. The first-order chi connectivity index (χ1) is 8.05. The number of hydrogen-bond donors (Lipinski definition) is 1. The minimum atomic E-state index is 0.0859. The Labute approximate surface area is 102 Å². The van der Waals surface area contributed by atoms with Crippen LogP contribution in [0.25, 0.3) is 0 Å². The number of benzene rings is 1. The molecule has 0 bridgehead atoms. The summed E-state index contributed by atoms with van der Waals surface area (Å²) in [5.41, 5.74) is 8.95. The first-order valence-corrected chi connectivity index (χ1v) is 5.90. The second-order valence-electron chi connectivity index (χ2n) is 4.93. The van der Waals surface area contributed by atoms with Crippen LogP contribution in [-0.2, 0) is 5.41 Å². The molecule has 1 aromatic rings. The topological polar surface area (TPSA) is 59.0 Å². The Morgan fingerprint density at radius 1 is 1.47 bits per heavy atom. The van der Waals surface area contributed by atoms with Crippen LogP contribution in [0.2, 0.25) is 0 Å². The first kappa shape index (κ1) is 11.9. The van der Waals surface area contributed by atoms with Crippen LogP contribution >= 0.6 is 0 Å². The molecule has 17 heavy (non-hydrogen) atoms. The molecule has 0 radical (unpaired) electrons. The Morgan fingerprint density at radius 3 is 2.53 bits per heavy atom. The largest absolute Gasteiger partial charge is 0.495 e. The molecular weight excluding hydrogens is 212 g/mol. The fourth-order valence-corrected chi connectivity index (χ4v) is 2.56. The van der Waals surface area contributed by atoms with Gasteiger partial charge in [0.25, 0.3) is 0 Å². The zero-order valence-corrected chi connectivity index (χ0v) is 10.6. The van der Waals surface area contributed by atoms with Gasteiger partial charge in [-0.2, -0.15) is 5.26 Å². The number of aryl methyl sites for hydroxylation is 1. The van der Waals surface area contributed by atoms with Crippen molar-refractivity contribution in [3.05, 3.63) is 28.8 Å². The number of rotatable bonds is 3. The molecule has 1 aliphatic carbocycles. The van der Waals surface area contributed by atoms with E-state index in [-0.39, 0.29) is 11.5 Å². The zero-order chi connectivity index (χ0) is 12.6. The highest BCUT2D eigenvalue weighted by Crippen LogP contribution is 2.51.